The van der Waals surface area contributed by atoms with E-state index in [4.69, 9.17) is 0 Å². The van der Waals surface area contributed by atoms with E-state index >= 15 is 0 Å². The maximum absolute atomic E-state index is 12.1. The number of benzene rings is 1. The second-order valence-corrected chi connectivity index (χ2v) is 5.44. The van der Waals surface area contributed by atoms with E-state index in [9.17, 15) is 4.79 Å². The minimum atomic E-state index is 0.0144. The molecule has 0 aliphatic carbocycles. The van der Waals surface area contributed by atoms with Crippen molar-refractivity contribution in [2.24, 2.45) is 0 Å². The molecule has 3 nitrogen and oxygen atoms in total. The van der Waals surface area contributed by atoms with Crippen LogP contribution in [0.3, 0.4) is 0 Å². The molecule has 0 fully saturated rings. The summed E-state index contributed by atoms with van der Waals surface area (Å²) < 4.78 is 1.02. The largest absolute Gasteiger partial charge is 0.349 e. The van der Waals surface area contributed by atoms with Crippen molar-refractivity contribution in [1.29, 1.82) is 0 Å². The van der Waals surface area contributed by atoms with Gasteiger partial charge in [-0.2, -0.15) is 0 Å². The van der Waals surface area contributed by atoms with Gasteiger partial charge in [0.1, 0.15) is 0 Å². The number of nitrogens with one attached hydrogen (secondary N) is 1. The highest BCUT2D eigenvalue weighted by atomic mass is 79.9. The van der Waals surface area contributed by atoms with Crippen LogP contribution in [-0.4, -0.2) is 10.9 Å². The molecule has 2 aromatic rings. The van der Waals surface area contributed by atoms with Gasteiger partial charge in [0.15, 0.2) is 0 Å². The molecule has 0 saturated carbocycles. The lowest BCUT2D eigenvalue weighted by molar-refractivity contribution is -0.121. The third-order valence-corrected chi connectivity index (χ3v) is 3.83. The molecular formula is C16H17BrN2O. The topological polar surface area (TPSA) is 42.0 Å². The second kappa shape index (κ2) is 7.20. The zero-order valence-electron chi connectivity index (χ0n) is 11.3. The van der Waals surface area contributed by atoms with E-state index < -0.39 is 0 Å². The van der Waals surface area contributed by atoms with Gasteiger partial charge in [-0.25, -0.2) is 0 Å². The molecule has 20 heavy (non-hydrogen) atoms. The quantitative estimate of drug-likeness (QED) is 0.907. The highest BCUT2D eigenvalue weighted by Crippen LogP contribution is 2.25. The number of hydrogen-bond acceptors (Lipinski definition) is 2. The highest BCUT2D eigenvalue weighted by Gasteiger charge is 2.15. The molecule has 2 rings (SSSR count). The summed E-state index contributed by atoms with van der Waals surface area (Å²) in [7, 11) is 0. The van der Waals surface area contributed by atoms with E-state index in [1.165, 1.54) is 0 Å². The van der Waals surface area contributed by atoms with Gasteiger partial charge in [-0.15, -0.1) is 0 Å². The van der Waals surface area contributed by atoms with Crippen LogP contribution in [0.25, 0.3) is 0 Å². The van der Waals surface area contributed by atoms with Crippen LogP contribution in [0, 0.1) is 0 Å². The first-order valence-electron chi connectivity index (χ1n) is 6.63. The van der Waals surface area contributed by atoms with Gasteiger partial charge in [0.05, 0.1) is 12.5 Å². The summed E-state index contributed by atoms with van der Waals surface area (Å²) >= 11 is 3.53. The normalized spacial score (nSPS) is 11.9. The van der Waals surface area contributed by atoms with Gasteiger partial charge in [-0.1, -0.05) is 47.1 Å². The molecule has 1 amide bonds. The maximum Gasteiger partial charge on any atom is 0.224 e. The lowest BCUT2D eigenvalue weighted by Gasteiger charge is -2.18. The number of nitrogens with zero attached hydrogens (tertiary/aromatic N) is 1. The predicted molar refractivity (Wildman–Crippen MR) is 83.3 cm³/mol. The Morgan fingerprint density at radius 2 is 2.10 bits per heavy atom. The number of pyridine rings is 1. The fraction of sp³-hybridized carbons (Fsp3) is 0.250. The van der Waals surface area contributed by atoms with Gasteiger partial charge in [-0.05, 0) is 29.7 Å². The van der Waals surface area contributed by atoms with E-state index in [0.29, 0.717) is 6.42 Å². The summed E-state index contributed by atoms with van der Waals surface area (Å²) in [5, 5.41) is 3.08. The Bertz CT molecular complexity index is 572. The maximum atomic E-state index is 12.1. The van der Waals surface area contributed by atoms with Gasteiger partial charge in [0.2, 0.25) is 5.91 Å². The first kappa shape index (κ1) is 14.7. The Morgan fingerprint density at radius 3 is 2.75 bits per heavy atom. The van der Waals surface area contributed by atoms with Crippen molar-refractivity contribution in [3.05, 3.63) is 64.4 Å². The highest BCUT2D eigenvalue weighted by molar-refractivity contribution is 9.10. The molecule has 1 atom stereocenters. The van der Waals surface area contributed by atoms with Crippen LogP contribution in [0.1, 0.15) is 30.5 Å². The van der Waals surface area contributed by atoms with Gasteiger partial charge >= 0.3 is 0 Å². The summed E-state index contributed by atoms with van der Waals surface area (Å²) in [5.41, 5.74) is 2.03. The van der Waals surface area contributed by atoms with Crippen LogP contribution in [0.5, 0.6) is 0 Å². The lowest BCUT2D eigenvalue weighted by atomic mass is 10.0. The first-order chi connectivity index (χ1) is 9.70. The molecular weight excluding hydrogens is 316 g/mol. The molecule has 1 aromatic carbocycles. The lowest BCUT2D eigenvalue weighted by Crippen LogP contribution is -2.29. The number of aromatic nitrogens is 1. The molecule has 0 radical (unpaired) electrons. The van der Waals surface area contributed by atoms with E-state index in [-0.39, 0.29) is 11.9 Å². The predicted octanol–water partition coefficient (Wildman–Crippen LogP) is 3.65. The second-order valence-electron chi connectivity index (χ2n) is 4.59. The van der Waals surface area contributed by atoms with Crippen molar-refractivity contribution >= 4 is 21.8 Å². The number of amides is 1. The number of rotatable bonds is 5. The van der Waals surface area contributed by atoms with Crippen molar-refractivity contribution in [3.63, 3.8) is 0 Å². The van der Waals surface area contributed by atoms with Gasteiger partial charge < -0.3 is 5.32 Å². The third-order valence-electron chi connectivity index (χ3n) is 3.11. The van der Waals surface area contributed by atoms with Crippen LogP contribution in [0.2, 0.25) is 0 Å². The molecule has 1 heterocycles. The average Bonchev–Trinajstić information content (AvgIpc) is 2.46. The van der Waals surface area contributed by atoms with E-state index in [0.717, 1.165) is 22.0 Å². The fourth-order valence-corrected chi connectivity index (χ4v) is 2.65. The SMILES string of the molecule is CC[C@@H](NC(=O)Cc1cccnc1)c1ccccc1Br. The van der Waals surface area contributed by atoms with E-state index in [1.54, 1.807) is 12.4 Å². The summed E-state index contributed by atoms with van der Waals surface area (Å²) in [6.45, 7) is 2.06. The zero-order valence-corrected chi connectivity index (χ0v) is 12.9. The molecule has 4 heteroatoms. The van der Waals surface area contributed by atoms with E-state index in [1.807, 2.05) is 36.4 Å². The smallest absolute Gasteiger partial charge is 0.224 e. The summed E-state index contributed by atoms with van der Waals surface area (Å²) in [4.78, 5) is 16.1. The fourth-order valence-electron chi connectivity index (χ4n) is 2.09. The average molecular weight is 333 g/mol. The Kier molecular flexibility index (Phi) is 5.30. The number of carbonyl (C=O) groups excluding carboxylic acids is 1. The Hall–Kier alpha value is -1.68. The van der Waals surface area contributed by atoms with Crippen LogP contribution in [-0.2, 0) is 11.2 Å². The van der Waals surface area contributed by atoms with Crippen molar-refractivity contribution in [2.75, 3.05) is 0 Å². The molecule has 0 saturated heterocycles. The molecule has 1 aromatic heterocycles. The molecule has 0 spiro atoms. The van der Waals surface area contributed by atoms with Crippen molar-refractivity contribution in [2.45, 2.75) is 25.8 Å². The van der Waals surface area contributed by atoms with Crippen molar-refractivity contribution < 1.29 is 4.79 Å². The van der Waals surface area contributed by atoms with Crippen molar-refractivity contribution in [3.8, 4) is 0 Å². The Labute approximate surface area is 127 Å². The van der Waals surface area contributed by atoms with Gasteiger partial charge in [0, 0.05) is 16.9 Å². The molecule has 1 N–H and O–H groups in total. The summed E-state index contributed by atoms with van der Waals surface area (Å²) in [5.74, 6) is 0.0144. The first-order valence-corrected chi connectivity index (χ1v) is 7.42. The van der Waals surface area contributed by atoms with Gasteiger partial charge in [0.25, 0.3) is 0 Å². The zero-order chi connectivity index (χ0) is 14.4. The van der Waals surface area contributed by atoms with Crippen LogP contribution in [0.4, 0.5) is 0 Å². The number of halogens is 1. The van der Waals surface area contributed by atoms with Crippen molar-refractivity contribution in [1.82, 2.24) is 10.3 Å². The Morgan fingerprint density at radius 1 is 1.30 bits per heavy atom. The van der Waals surface area contributed by atoms with Crippen LogP contribution >= 0.6 is 15.9 Å². The van der Waals surface area contributed by atoms with Crippen LogP contribution < -0.4 is 5.32 Å². The minimum absolute atomic E-state index is 0.0144. The molecule has 0 bridgehead atoms. The standard InChI is InChI=1S/C16H17BrN2O/c1-2-15(13-7-3-4-8-14(13)17)19-16(20)10-12-6-5-9-18-11-12/h3-9,11,15H,2,10H2,1H3,(H,19,20)/t15-/m1/s1. The molecule has 0 aliphatic heterocycles. The van der Waals surface area contributed by atoms with Gasteiger partial charge in [-0.3, -0.25) is 9.78 Å². The van der Waals surface area contributed by atoms with E-state index in [2.05, 4.69) is 33.2 Å². The Balaban J connectivity index is 2.04. The number of hydrogen-bond donors (Lipinski definition) is 1. The number of carbonyl (C=O) groups is 1. The summed E-state index contributed by atoms with van der Waals surface area (Å²) in [6.07, 6.45) is 4.63. The third kappa shape index (κ3) is 3.90. The molecule has 0 unspecified atom stereocenters. The van der Waals surface area contributed by atoms with Crippen LogP contribution in [0.15, 0.2) is 53.3 Å². The monoisotopic (exact) mass is 332 g/mol. The molecule has 104 valence electrons. The molecule has 0 aliphatic rings. The minimum Gasteiger partial charge on any atom is -0.349 e. The summed E-state index contributed by atoms with van der Waals surface area (Å²) in [6, 6.07) is 11.7.